The van der Waals surface area contributed by atoms with Crippen LogP contribution in [0, 0.1) is 24.2 Å². The van der Waals surface area contributed by atoms with Gasteiger partial charge in [0.1, 0.15) is 5.69 Å². The van der Waals surface area contributed by atoms with Crippen LogP contribution in [-0.2, 0) is 0 Å². The summed E-state index contributed by atoms with van der Waals surface area (Å²) in [5.41, 5.74) is 1.90. The minimum Gasteiger partial charge on any atom is -0.344 e. The highest BCUT2D eigenvalue weighted by Gasteiger charge is 2.54. The Morgan fingerprint density at radius 3 is 2.76 bits per heavy atom. The van der Waals surface area contributed by atoms with Gasteiger partial charge in [0, 0.05) is 5.56 Å². The molecule has 0 saturated heterocycles. The zero-order valence-corrected chi connectivity index (χ0v) is 12.7. The first-order valence-electron chi connectivity index (χ1n) is 7.36. The number of aromatic amines is 1. The molecule has 0 aliphatic heterocycles. The topological polar surface area (TPSA) is 74.8 Å². The average Bonchev–Trinajstić information content (AvgIpc) is 2.43. The highest BCUT2D eigenvalue weighted by molar-refractivity contribution is 5.92. The molecular formula is C16H21N3O2. The Hall–Kier alpha value is -1.91. The first-order chi connectivity index (χ1) is 9.80. The molecule has 1 aromatic heterocycles. The molecule has 1 heterocycles. The predicted molar refractivity (Wildman–Crippen MR) is 80.0 cm³/mol. The number of fused-ring (bicyclic) bond motifs is 2. The molecule has 0 spiro atoms. The summed E-state index contributed by atoms with van der Waals surface area (Å²) in [5, 5.41) is 9.16. The smallest absolute Gasteiger partial charge is 0.272 e. The molecule has 3 atom stereocenters. The van der Waals surface area contributed by atoms with Crippen LogP contribution in [0.15, 0.2) is 23.0 Å². The molecule has 1 amide bonds. The summed E-state index contributed by atoms with van der Waals surface area (Å²) in [6, 6.07) is 1.54. The second-order valence-corrected chi connectivity index (χ2v) is 6.91. The van der Waals surface area contributed by atoms with Crippen molar-refractivity contribution < 1.29 is 4.79 Å². The summed E-state index contributed by atoms with van der Waals surface area (Å²) in [6.07, 6.45) is 2.13. The molecule has 3 aliphatic rings. The second-order valence-electron chi connectivity index (χ2n) is 6.91. The number of H-pyrrole nitrogens is 1. The molecule has 2 bridgehead atoms. The highest BCUT2D eigenvalue weighted by Crippen LogP contribution is 2.60. The van der Waals surface area contributed by atoms with Gasteiger partial charge in [-0.05, 0) is 43.1 Å². The maximum Gasteiger partial charge on any atom is 0.272 e. The Balaban J connectivity index is 1.73. The van der Waals surface area contributed by atoms with Crippen LogP contribution in [0.3, 0.4) is 0 Å². The van der Waals surface area contributed by atoms with Crippen molar-refractivity contribution in [2.24, 2.45) is 17.3 Å². The molecular weight excluding hydrogens is 266 g/mol. The van der Waals surface area contributed by atoms with Gasteiger partial charge in [0.25, 0.3) is 11.5 Å². The van der Waals surface area contributed by atoms with E-state index < -0.39 is 0 Å². The average molecular weight is 287 g/mol. The van der Waals surface area contributed by atoms with Crippen molar-refractivity contribution in [1.82, 2.24) is 15.5 Å². The minimum absolute atomic E-state index is 0.0170. The first kappa shape index (κ1) is 14.0. The summed E-state index contributed by atoms with van der Waals surface area (Å²) < 4.78 is 0. The van der Waals surface area contributed by atoms with E-state index in [0.29, 0.717) is 22.8 Å². The van der Waals surface area contributed by atoms with Gasteiger partial charge in [0.2, 0.25) is 0 Å². The number of aromatic nitrogens is 2. The number of nitrogens with one attached hydrogen (secondary N) is 2. The number of aryl methyl sites for hydroxylation is 1. The number of amides is 1. The molecule has 0 radical (unpaired) electrons. The number of carbonyl (C=O) groups excluding carboxylic acids is 1. The van der Waals surface area contributed by atoms with E-state index in [1.165, 1.54) is 12.5 Å². The molecule has 5 heteroatoms. The van der Waals surface area contributed by atoms with Crippen LogP contribution in [0.4, 0.5) is 0 Å². The van der Waals surface area contributed by atoms with E-state index in [1.54, 1.807) is 6.92 Å². The molecule has 1 unspecified atom stereocenters. The van der Waals surface area contributed by atoms with Crippen LogP contribution in [0.1, 0.15) is 42.7 Å². The van der Waals surface area contributed by atoms with E-state index in [9.17, 15) is 9.59 Å². The molecule has 5 nitrogen and oxygen atoms in total. The van der Waals surface area contributed by atoms with Crippen molar-refractivity contribution in [2.75, 3.05) is 0 Å². The SMILES string of the molecule is C=C1C(NC(=O)c2cc(C)c(=O)[nH]n2)C[C@H]2C[C@@H]1C2(C)C. The van der Waals surface area contributed by atoms with Gasteiger partial charge < -0.3 is 5.32 Å². The van der Waals surface area contributed by atoms with Crippen molar-refractivity contribution in [3.8, 4) is 0 Å². The van der Waals surface area contributed by atoms with Crippen LogP contribution >= 0.6 is 0 Å². The molecule has 2 N–H and O–H groups in total. The molecule has 3 saturated carbocycles. The number of carbonyl (C=O) groups is 1. The lowest BCUT2D eigenvalue weighted by molar-refractivity contribution is -0.0375. The Morgan fingerprint density at radius 2 is 2.19 bits per heavy atom. The van der Waals surface area contributed by atoms with Gasteiger partial charge in [-0.15, -0.1) is 0 Å². The fraction of sp³-hybridized carbons (Fsp3) is 0.562. The molecule has 4 rings (SSSR count). The van der Waals surface area contributed by atoms with E-state index in [2.05, 4.69) is 35.9 Å². The third-order valence-electron chi connectivity index (χ3n) is 5.41. The van der Waals surface area contributed by atoms with Crippen molar-refractivity contribution in [3.63, 3.8) is 0 Å². The monoisotopic (exact) mass is 287 g/mol. The van der Waals surface area contributed by atoms with E-state index in [4.69, 9.17) is 0 Å². The Kier molecular flexibility index (Phi) is 3.04. The van der Waals surface area contributed by atoms with E-state index >= 15 is 0 Å². The van der Waals surface area contributed by atoms with Crippen LogP contribution in [0.25, 0.3) is 0 Å². The van der Waals surface area contributed by atoms with Gasteiger partial charge in [-0.25, -0.2) is 5.10 Å². The van der Waals surface area contributed by atoms with E-state index in [1.807, 2.05) is 0 Å². The Morgan fingerprint density at radius 1 is 1.48 bits per heavy atom. The number of hydrogen-bond acceptors (Lipinski definition) is 3. The van der Waals surface area contributed by atoms with Gasteiger partial charge in [-0.1, -0.05) is 26.0 Å². The van der Waals surface area contributed by atoms with Crippen LogP contribution in [0.2, 0.25) is 0 Å². The van der Waals surface area contributed by atoms with Crippen molar-refractivity contribution in [1.29, 1.82) is 0 Å². The molecule has 3 aliphatic carbocycles. The normalized spacial score (nSPS) is 29.7. The van der Waals surface area contributed by atoms with Crippen LogP contribution < -0.4 is 10.9 Å². The largest absolute Gasteiger partial charge is 0.344 e. The lowest BCUT2D eigenvalue weighted by Gasteiger charge is -2.60. The number of rotatable bonds is 2. The summed E-state index contributed by atoms with van der Waals surface area (Å²) >= 11 is 0. The van der Waals surface area contributed by atoms with Crippen LogP contribution in [0.5, 0.6) is 0 Å². The maximum atomic E-state index is 12.3. The zero-order valence-electron chi connectivity index (χ0n) is 12.7. The maximum absolute atomic E-state index is 12.3. The number of hydrogen-bond donors (Lipinski definition) is 2. The van der Waals surface area contributed by atoms with Crippen molar-refractivity contribution in [3.05, 3.63) is 39.8 Å². The fourth-order valence-electron chi connectivity index (χ4n) is 3.73. The third-order valence-corrected chi connectivity index (χ3v) is 5.41. The van der Waals surface area contributed by atoms with Gasteiger partial charge in [-0.2, -0.15) is 5.10 Å². The minimum atomic E-state index is -0.267. The van der Waals surface area contributed by atoms with Gasteiger partial charge >= 0.3 is 0 Å². The molecule has 3 fully saturated rings. The van der Waals surface area contributed by atoms with Crippen molar-refractivity contribution >= 4 is 5.91 Å². The summed E-state index contributed by atoms with van der Waals surface area (Å²) in [4.78, 5) is 23.6. The third kappa shape index (κ3) is 2.11. The standard InChI is InChI=1S/C16H21N3O2/c1-8-5-13(18-19-14(8)20)15(21)17-12-7-10-6-11(9(12)2)16(10,3)4/h5,10-12H,2,6-7H2,1,3-4H3,(H,17,21)(H,19,20)/t10-,11+,12?/m1/s1. The number of nitrogens with zero attached hydrogens (tertiary/aromatic N) is 1. The summed E-state index contributed by atoms with van der Waals surface area (Å²) in [5.74, 6) is 0.884. The quantitative estimate of drug-likeness (QED) is 0.814. The zero-order chi connectivity index (χ0) is 15.4. The Labute approximate surface area is 123 Å². The van der Waals surface area contributed by atoms with Gasteiger partial charge in [0.05, 0.1) is 6.04 Å². The molecule has 21 heavy (non-hydrogen) atoms. The van der Waals surface area contributed by atoms with E-state index in [-0.39, 0.29) is 23.2 Å². The van der Waals surface area contributed by atoms with Gasteiger partial charge in [-0.3, -0.25) is 9.59 Å². The molecule has 112 valence electrons. The lowest BCUT2D eigenvalue weighted by atomic mass is 9.46. The fourth-order valence-corrected chi connectivity index (χ4v) is 3.73. The molecule has 0 aromatic carbocycles. The van der Waals surface area contributed by atoms with Crippen LogP contribution in [-0.4, -0.2) is 22.1 Å². The summed E-state index contributed by atoms with van der Waals surface area (Å²) in [6.45, 7) is 10.4. The lowest BCUT2D eigenvalue weighted by Crippen LogP contribution is -2.57. The highest BCUT2D eigenvalue weighted by atomic mass is 16.2. The second kappa shape index (κ2) is 4.55. The van der Waals surface area contributed by atoms with Crippen molar-refractivity contribution in [2.45, 2.75) is 39.7 Å². The summed E-state index contributed by atoms with van der Waals surface area (Å²) in [7, 11) is 0. The molecule has 1 aromatic rings. The first-order valence-corrected chi connectivity index (χ1v) is 7.36. The predicted octanol–water partition coefficient (Wildman–Crippen LogP) is 1.80. The Bertz CT molecular complexity index is 674. The van der Waals surface area contributed by atoms with Gasteiger partial charge in [0.15, 0.2) is 0 Å². The van der Waals surface area contributed by atoms with E-state index in [0.717, 1.165) is 12.0 Å².